The number of anilines is 1. The van der Waals surface area contributed by atoms with Crippen LogP contribution in [0.5, 0.6) is 17.2 Å². The van der Waals surface area contributed by atoms with Gasteiger partial charge in [0.25, 0.3) is 5.91 Å². The summed E-state index contributed by atoms with van der Waals surface area (Å²) in [5.41, 5.74) is 0.342. The molecule has 0 spiro atoms. The smallest absolute Gasteiger partial charge is 0.264 e. The van der Waals surface area contributed by atoms with Gasteiger partial charge in [-0.15, -0.1) is 11.3 Å². The van der Waals surface area contributed by atoms with Crippen molar-refractivity contribution < 1.29 is 19.0 Å². The highest BCUT2D eigenvalue weighted by molar-refractivity contribution is 7.13. The Hall–Kier alpha value is -3.33. The van der Waals surface area contributed by atoms with Crippen molar-refractivity contribution in [3.63, 3.8) is 0 Å². The number of hydrogen-bond acceptors (Lipinski definition) is 7. The van der Waals surface area contributed by atoms with Gasteiger partial charge in [-0.3, -0.25) is 14.9 Å². The molecule has 2 aromatic heterocycles. The molecule has 0 bridgehead atoms. The molecule has 1 N–H and O–H groups in total. The van der Waals surface area contributed by atoms with Gasteiger partial charge in [-0.05, 0) is 31.2 Å². The van der Waals surface area contributed by atoms with Crippen molar-refractivity contribution in [2.45, 2.75) is 13.5 Å². The number of aromatic nitrogens is 2. The lowest BCUT2D eigenvalue weighted by atomic mass is 10.3. The third-order valence-electron chi connectivity index (χ3n) is 4.08. The minimum atomic E-state index is -0.378. The topological polar surface area (TPSA) is 91.7 Å². The number of benzene rings is 1. The summed E-state index contributed by atoms with van der Waals surface area (Å²) < 4.78 is 18.2. The SMILES string of the molecule is COc1ccc(OCCn2ccc(=O)c(OCC(=O)Nc3nccs3)c2C)cc1. The second-order valence-electron chi connectivity index (χ2n) is 5.99. The molecule has 0 radical (unpaired) electrons. The Morgan fingerprint density at radius 3 is 2.62 bits per heavy atom. The maximum atomic E-state index is 12.2. The number of amides is 1. The highest BCUT2D eigenvalue weighted by Crippen LogP contribution is 2.17. The Balaban J connectivity index is 1.57. The molecule has 3 aromatic rings. The molecule has 1 amide bonds. The molecule has 2 heterocycles. The van der Waals surface area contributed by atoms with E-state index in [1.807, 2.05) is 28.8 Å². The number of rotatable bonds is 9. The average molecular weight is 415 g/mol. The number of carbonyl (C=O) groups is 1. The predicted octanol–water partition coefficient (Wildman–Crippen LogP) is 2.72. The fourth-order valence-electron chi connectivity index (χ4n) is 2.58. The molecule has 9 heteroatoms. The number of pyridine rings is 1. The van der Waals surface area contributed by atoms with Crippen LogP contribution in [0, 0.1) is 6.92 Å². The Bertz CT molecular complexity index is 1000. The first-order chi connectivity index (χ1) is 14.1. The first kappa shape index (κ1) is 20.4. The summed E-state index contributed by atoms with van der Waals surface area (Å²) in [5.74, 6) is 1.25. The Kier molecular flexibility index (Phi) is 6.85. The van der Waals surface area contributed by atoms with Gasteiger partial charge in [0.05, 0.1) is 19.3 Å². The molecular formula is C20H21N3O5S. The van der Waals surface area contributed by atoms with Crippen molar-refractivity contribution in [2.75, 3.05) is 25.6 Å². The predicted molar refractivity (Wildman–Crippen MR) is 110 cm³/mol. The minimum Gasteiger partial charge on any atom is -0.497 e. The quantitative estimate of drug-likeness (QED) is 0.578. The lowest BCUT2D eigenvalue weighted by Gasteiger charge is -2.15. The average Bonchev–Trinajstić information content (AvgIpc) is 3.23. The summed E-state index contributed by atoms with van der Waals surface area (Å²) in [7, 11) is 1.61. The molecule has 0 aliphatic heterocycles. The number of nitrogens with one attached hydrogen (secondary N) is 1. The first-order valence-electron chi connectivity index (χ1n) is 8.86. The van der Waals surface area contributed by atoms with Gasteiger partial charge < -0.3 is 18.8 Å². The van der Waals surface area contributed by atoms with Crippen LogP contribution < -0.4 is 25.0 Å². The molecule has 0 saturated heterocycles. The van der Waals surface area contributed by atoms with Crippen LogP contribution in [-0.4, -0.2) is 35.8 Å². The van der Waals surface area contributed by atoms with Crippen molar-refractivity contribution in [2.24, 2.45) is 0 Å². The van der Waals surface area contributed by atoms with E-state index in [1.54, 1.807) is 31.8 Å². The summed E-state index contributed by atoms with van der Waals surface area (Å²) in [6, 6.07) is 8.71. The van der Waals surface area contributed by atoms with Crippen molar-refractivity contribution in [1.82, 2.24) is 9.55 Å². The molecule has 0 unspecified atom stereocenters. The van der Waals surface area contributed by atoms with E-state index in [2.05, 4.69) is 10.3 Å². The minimum absolute atomic E-state index is 0.145. The highest BCUT2D eigenvalue weighted by Gasteiger charge is 2.12. The van der Waals surface area contributed by atoms with Crippen LogP contribution in [0.1, 0.15) is 5.69 Å². The van der Waals surface area contributed by atoms with Crippen LogP contribution in [-0.2, 0) is 11.3 Å². The number of methoxy groups -OCH3 is 1. The van der Waals surface area contributed by atoms with Crippen LogP contribution in [0.15, 0.2) is 52.9 Å². The fourth-order valence-corrected chi connectivity index (χ4v) is 3.13. The molecule has 0 fully saturated rings. The van der Waals surface area contributed by atoms with Gasteiger partial charge in [0.2, 0.25) is 5.43 Å². The summed E-state index contributed by atoms with van der Waals surface area (Å²) in [5, 5.41) is 4.85. The molecule has 152 valence electrons. The van der Waals surface area contributed by atoms with Crippen molar-refractivity contribution in [1.29, 1.82) is 0 Å². The molecule has 0 atom stereocenters. The Morgan fingerprint density at radius 2 is 1.93 bits per heavy atom. The van der Waals surface area contributed by atoms with E-state index in [9.17, 15) is 9.59 Å². The summed E-state index contributed by atoms with van der Waals surface area (Å²) in [6.45, 7) is 2.41. The van der Waals surface area contributed by atoms with Crippen LogP contribution in [0.4, 0.5) is 5.13 Å². The van der Waals surface area contributed by atoms with E-state index < -0.39 is 0 Å². The van der Waals surface area contributed by atoms with Gasteiger partial charge in [-0.1, -0.05) is 0 Å². The zero-order valence-electron chi connectivity index (χ0n) is 16.1. The van der Waals surface area contributed by atoms with E-state index in [0.717, 1.165) is 11.5 Å². The molecule has 1 aromatic carbocycles. The molecule has 0 aliphatic carbocycles. The third-order valence-corrected chi connectivity index (χ3v) is 4.76. The maximum absolute atomic E-state index is 12.2. The standard InChI is InChI=1S/C20H21N3O5S/c1-14-19(28-13-18(25)22-20-21-8-12-29-20)17(24)7-9-23(14)10-11-27-16-5-3-15(26-2)4-6-16/h3-9,12H,10-11,13H2,1-2H3,(H,21,22,25). The molecule has 0 saturated carbocycles. The largest absolute Gasteiger partial charge is 0.497 e. The number of hydrogen-bond donors (Lipinski definition) is 1. The maximum Gasteiger partial charge on any atom is 0.264 e. The van der Waals surface area contributed by atoms with E-state index >= 15 is 0 Å². The Morgan fingerprint density at radius 1 is 1.17 bits per heavy atom. The molecular weight excluding hydrogens is 394 g/mol. The van der Waals surface area contributed by atoms with Gasteiger partial charge >= 0.3 is 0 Å². The molecule has 0 aliphatic rings. The van der Waals surface area contributed by atoms with Crippen LogP contribution >= 0.6 is 11.3 Å². The second-order valence-corrected chi connectivity index (χ2v) is 6.88. The lowest BCUT2D eigenvalue weighted by molar-refractivity contribution is -0.118. The zero-order valence-corrected chi connectivity index (χ0v) is 16.9. The van der Waals surface area contributed by atoms with Gasteiger partial charge in [-0.25, -0.2) is 4.98 Å². The fraction of sp³-hybridized carbons (Fsp3) is 0.250. The van der Waals surface area contributed by atoms with Crippen molar-refractivity contribution >= 4 is 22.4 Å². The summed E-state index contributed by atoms with van der Waals surface area (Å²) >= 11 is 1.31. The van der Waals surface area contributed by atoms with Crippen molar-refractivity contribution in [3.05, 3.63) is 64.0 Å². The van der Waals surface area contributed by atoms with E-state index in [1.165, 1.54) is 17.4 Å². The van der Waals surface area contributed by atoms with Gasteiger partial charge in [0.1, 0.15) is 18.1 Å². The second kappa shape index (κ2) is 9.74. The van der Waals surface area contributed by atoms with E-state index in [0.29, 0.717) is 24.0 Å². The van der Waals surface area contributed by atoms with Crippen LogP contribution in [0.2, 0.25) is 0 Å². The molecule has 8 nitrogen and oxygen atoms in total. The molecule has 3 rings (SSSR count). The van der Waals surface area contributed by atoms with Gasteiger partial charge in [-0.2, -0.15) is 0 Å². The summed E-state index contributed by atoms with van der Waals surface area (Å²) in [6.07, 6.45) is 3.27. The zero-order chi connectivity index (χ0) is 20.6. The number of ether oxygens (including phenoxy) is 3. The first-order valence-corrected chi connectivity index (χ1v) is 9.74. The Labute approximate surface area is 171 Å². The van der Waals surface area contributed by atoms with Gasteiger partial charge in [0, 0.05) is 23.8 Å². The lowest BCUT2D eigenvalue weighted by Crippen LogP contribution is -2.24. The monoisotopic (exact) mass is 415 g/mol. The highest BCUT2D eigenvalue weighted by atomic mass is 32.1. The normalized spacial score (nSPS) is 10.4. The number of nitrogens with zero attached hydrogens (tertiary/aromatic N) is 2. The van der Waals surface area contributed by atoms with Gasteiger partial charge in [0.15, 0.2) is 17.5 Å². The number of thiazole rings is 1. The van der Waals surface area contributed by atoms with Crippen LogP contribution in [0.3, 0.4) is 0 Å². The number of carbonyl (C=O) groups excluding carboxylic acids is 1. The summed E-state index contributed by atoms with van der Waals surface area (Å²) in [4.78, 5) is 28.1. The van der Waals surface area contributed by atoms with Crippen molar-refractivity contribution in [3.8, 4) is 17.2 Å². The third kappa shape index (κ3) is 5.58. The van der Waals surface area contributed by atoms with E-state index in [-0.39, 0.29) is 23.7 Å². The van der Waals surface area contributed by atoms with Crippen LogP contribution in [0.25, 0.3) is 0 Å². The van der Waals surface area contributed by atoms with E-state index in [4.69, 9.17) is 14.2 Å². The molecule has 29 heavy (non-hydrogen) atoms.